The van der Waals surface area contributed by atoms with Gasteiger partial charge in [-0.05, 0) is 18.6 Å². The van der Waals surface area contributed by atoms with E-state index in [0.717, 1.165) is 22.0 Å². The van der Waals surface area contributed by atoms with Crippen molar-refractivity contribution in [3.05, 3.63) is 45.9 Å². The maximum atomic E-state index is 12.0. The van der Waals surface area contributed by atoms with E-state index >= 15 is 0 Å². The summed E-state index contributed by atoms with van der Waals surface area (Å²) in [6.07, 6.45) is 1.16. The van der Waals surface area contributed by atoms with Crippen LogP contribution in [0.15, 0.2) is 29.6 Å². The number of hydrogen-bond acceptors (Lipinski definition) is 3. The predicted octanol–water partition coefficient (Wildman–Crippen LogP) is 4.32. The second-order valence-corrected chi connectivity index (χ2v) is 7.18. The van der Waals surface area contributed by atoms with Gasteiger partial charge in [0.1, 0.15) is 0 Å². The fourth-order valence-corrected chi connectivity index (χ4v) is 2.94. The normalized spacial score (nSPS) is 11.4. The molecule has 0 spiro atoms. The van der Waals surface area contributed by atoms with Gasteiger partial charge in [-0.25, -0.2) is 4.98 Å². The third-order valence-electron chi connectivity index (χ3n) is 3.31. The van der Waals surface area contributed by atoms with E-state index in [1.54, 1.807) is 11.3 Å². The molecule has 1 N–H and O–H groups in total. The standard InChI is InChI=1S/C17H22N2OS/c1-12-7-5-6-8-13(12)18-15(20)9-10-16-19-14(11-21-16)17(2,3)4/h5-8,11H,9-10H2,1-4H3,(H,18,20). The smallest absolute Gasteiger partial charge is 0.224 e. The van der Waals surface area contributed by atoms with Gasteiger partial charge in [0.05, 0.1) is 10.7 Å². The Balaban J connectivity index is 1.90. The van der Waals surface area contributed by atoms with Crippen LogP contribution in [0.2, 0.25) is 0 Å². The molecule has 0 unspecified atom stereocenters. The SMILES string of the molecule is Cc1ccccc1NC(=O)CCc1nc(C(C)(C)C)cs1. The van der Waals surface area contributed by atoms with Crippen molar-refractivity contribution >= 4 is 22.9 Å². The lowest BCUT2D eigenvalue weighted by molar-refractivity contribution is -0.116. The molecule has 0 aliphatic rings. The maximum absolute atomic E-state index is 12.0. The molecule has 2 rings (SSSR count). The number of carbonyl (C=O) groups excluding carboxylic acids is 1. The van der Waals surface area contributed by atoms with Gasteiger partial charge in [0.25, 0.3) is 0 Å². The number of para-hydroxylation sites is 1. The van der Waals surface area contributed by atoms with Gasteiger partial charge in [-0.1, -0.05) is 39.0 Å². The molecule has 1 aromatic carbocycles. The first kappa shape index (κ1) is 15.7. The number of rotatable bonds is 4. The Labute approximate surface area is 130 Å². The van der Waals surface area contributed by atoms with Crippen LogP contribution in [0.25, 0.3) is 0 Å². The number of nitrogens with zero attached hydrogens (tertiary/aromatic N) is 1. The van der Waals surface area contributed by atoms with E-state index in [2.05, 4.69) is 36.5 Å². The quantitative estimate of drug-likeness (QED) is 0.914. The van der Waals surface area contributed by atoms with E-state index in [1.165, 1.54) is 0 Å². The third kappa shape index (κ3) is 4.39. The van der Waals surface area contributed by atoms with Crippen molar-refractivity contribution in [2.45, 2.75) is 46.0 Å². The second-order valence-electron chi connectivity index (χ2n) is 6.24. The van der Waals surface area contributed by atoms with Crippen LogP contribution in [0.5, 0.6) is 0 Å². The monoisotopic (exact) mass is 302 g/mol. The van der Waals surface area contributed by atoms with Crippen LogP contribution in [0.3, 0.4) is 0 Å². The molecular formula is C17H22N2OS. The van der Waals surface area contributed by atoms with E-state index in [1.807, 2.05) is 31.2 Å². The Bertz CT molecular complexity index is 626. The van der Waals surface area contributed by atoms with Crippen LogP contribution in [-0.4, -0.2) is 10.9 Å². The van der Waals surface area contributed by atoms with Gasteiger partial charge in [0.15, 0.2) is 0 Å². The van der Waals surface area contributed by atoms with Crippen LogP contribution < -0.4 is 5.32 Å². The number of nitrogens with one attached hydrogen (secondary N) is 1. The molecule has 0 fully saturated rings. The first-order chi connectivity index (χ1) is 9.86. The second kappa shape index (κ2) is 6.39. The van der Waals surface area contributed by atoms with Crippen LogP contribution in [-0.2, 0) is 16.6 Å². The highest BCUT2D eigenvalue weighted by molar-refractivity contribution is 7.09. The molecule has 4 heteroatoms. The van der Waals surface area contributed by atoms with Crippen molar-refractivity contribution in [2.24, 2.45) is 0 Å². The number of thiazole rings is 1. The minimum atomic E-state index is 0.0387. The van der Waals surface area contributed by atoms with E-state index < -0.39 is 0 Å². The zero-order valence-electron chi connectivity index (χ0n) is 13.1. The van der Waals surface area contributed by atoms with Crippen molar-refractivity contribution in [1.82, 2.24) is 4.98 Å². The molecule has 1 heterocycles. The molecule has 0 aliphatic heterocycles. The molecule has 0 atom stereocenters. The minimum Gasteiger partial charge on any atom is -0.326 e. The molecule has 0 radical (unpaired) electrons. The van der Waals surface area contributed by atoms with Crippen molar-refractivity contribution in [3.63, 3.8) is 0 Å². The number of aromatic nitrogens is 1. The molecule has 2 aromatic rings. The summed E-state index contributed by atoms with van der Waals surface area (Å²) in [7, 11) is 0. The summed E-state index contributed by atoms with van der Waals surface area (Å²) in [5.74, 6) is 0.0387. The molecular weight excluding hydrogens is 280 g/mol. The Morgan fingerprint density at radius 3 is 2.62 bits per heavy atom. The zero-order chi connectivity index (χ0) is 15.5. The zero-order valence-corrected chi connectivity index (χ0v) is 13.9. The first-order valence-electron chi connectivity index (χ1n) is 7.16. The average molecular weight is 302 g/mol. The summed E-state index contributed by atoms with van der Waals surface area (Å²) >= 11 is 1.64. The van der Waals surface area contributed by atoms with Crippen molar-refractivity contribution < 1.29 is 4.79 Å². The largest absolute Gasteiger partial charge is 0.326 e. The number of aryl methyl sites for hydroxylation is 2. The van der Waals surface area contributed by atoms with Gasteiger partial charge in [-0.15, -0.1) is 11.3 Å². The van der Waals surface area contributed by atoms with Gasteiger partial charge in [-0.3, -0.25) is 4.79 Å². The summed E-state index contributed by atoms with van der Waals surface area (Å²) in [6, 6.07) is 7.81. The summed E-state index contributed by atoms with van der Waals surface area (Å²) in [5, 5.41) is 6.07. The highest BCUT2D eigenvalue weighted by Crippen LogP contribution is 2.24. The maximum Gasteiger partial charge on any atom is 0.224 e. The fraction of sp³-hybridized carbons (Fsp3) is 0.412. The highest BCUT2D eigenvalue weighted by Gasteiger charge is 2.17. The Hall–Kier alpha value is -1.68. The Morgan fingerprint density at radius 1 is 1.29 bits per heavy atom. The molecule has 0 aliphatic carbocycles. The topological polar surface area (TPSA) is 42.0 Å². The summed E-state index contributed by atoms with van der Waals surface area (Å²) < 4.78 is 0. The lowest BCUT2D eigenvalue weighted by Gasteiger charge is -2.14. The van der Waals surface area contributed by atoms with Gasteiger partial charge in [0, 0.05) is 29.3 Å². The summed E-state index contributed by atoms with van der Waals surface area (Å²) in [5.41, 5.74) is 3.13. The molecule has 1 aromatic heterocycles. The van der Waals surface area contributed by atoms with Crippen molar-refractivity contribution in [3.8, 4) is 0 Å². The van der Waals surface area contributed by atoms with Crippen LogP contribution >= 0.6 is 11.3 Å². The number of benzene rings is 1. The van der Waals surface area contributed by atoms with Gasteiger partial charge >= 0.3 is 0 Å². The summed E-state index contributed by atoms with van der Waals surface area (Å²) in [6.45, 7) is 8.44. The van der Waals surface area contributed by atoms with E-state index in [0.29, 0.717) is 12.8 Å². The number of anilines is 1. The van der Waals surface area contributed by atoms with Crippen LogP contribution in [0.4, 0.5) is 5.69 Å². The molecule has 112 valence electrons. The van der Waals surface area contributed by atoms with Crippen LogP contribution in [0, 0.1) is 6.92 Å². The number of amides is 1. The Kier molecular flexibility index (Phi) is 4.78. The third-order valence-corrected chi connectivity index (χ3v) is 4.21. The number of carbonyl (C=O) groups is 1. The molecule has 0 saturated heterocycles. The highest BCUT2D eigenvalue weighted by atomic mass is 32.1. The number of hydrogen-bond donors (Lipinski definition) is 1. The van der Waals surface area contributed by atoms with Gasteiger partial charge in [-0.2, -0.15) is 0 Å². The molecule has 21 heavy (non-hydrogen) atoms. The van der Waals surface area contributed by atoms with Crippen molar-refractivity contribution in [1.29, 1.82) is 0 Å². The molecule has 1 amide bonds. The minimum absolute atomic E-state index is 0.0387. The molecule has 0 bridgehead atoms. The average Bonchev–Trinajstić information content (AvgIpc) is 2.88. The lowest BCUT2D eigenvalue weighted by atomic mass is 9.93. The first-order valence-corrected chi connectivity index (χ1v) is 8.04. The fourth-order valence-electron chi connectivity index (χ4n) is 1.92. The molecule has 0 saturated carbocycles. The van der Waals surface area contributed by atoms with Crippen molar-refractivity contribution in [2.75, 3.05) is 5.32 Å². The van der Waals surface area contributed by atoms with Gasteiger partial charge in [0.2, 0.25) is 5.91 Å². The lowest BCUT2D eigenvalue weighted by Crippen LogP contribution is -2.14. The predicted molar refractivity (Wildman–Crippen MR) is 88.9 cm³/mol. The van der Waals surface area contributed by atoms with Crippen LogP contribution in [0.1, 0.15) is 43.5 Å². The van der Waals surface area contributed by atoms with Gasteiger partial charge < -0.3 is 5.32 Å². The Morgan fingerprint density at radius 2 is 2.00 bits per heavy atom. The summed E-state index contributed by atoms with van der Waals surface area (Å²) in [4.78, 5) is 16.6. The van der Waals surface area contributed by atoms with E-state index in [9.17, 15) is 4.79 Å². The van der Waals surface area contributed by atoms with E-state index in [4.69, 9.17) is 0 Å². The molecule has 3 nitrogen and oxygen atoms in total. The van der Waals surface area contributed by atoms with E-state index in [-0.39, 0.29) is 11.3 Å².